The number of hydrogen-bond acceptors (Lipinski definition) is 2. The van der Waals surface area contributed by atoms with Crippen LogP contribution in [0, 0.1) is 11.2 Å². The lowest BCUT2D eigenvalue weighted by molar-refractivity contribution is -0.115. The van der Waals surface area contributed by atoms with E-state index >= 15 is 0 Å². The van der Waals surface area contributed by atoms with E-state index in [4.69, 9.17) is 0 Å². The number of halogens is 1. The molecule has 88 valence electrons. The van der Waals surface area contributed by atoms with E-state index in [1.807, 2.05) is 31.9 Å². The van der Waals surface area contributed by atoms with Gasteiger partial charge in [-0.15, -0.1) is 0 Å². The molecule has 0 aliphatic heterocycles. The van der Waals surface area contributed by atoms with Crippen molar-refractivity contribution in [3.8, 4) is 0 Å². The molecule has 0 saturated carbocycles. The van der Waals surface area contributed by atoms with Crippen LogP contribution in [-0.4, -0.2) is 24.8 Å². The summed E-state index contributed by atoms with van der Waals surface area (Å²) >= 11 is 0. The van der Waals surface area contributed by atoms with Crippen molar-refractivity contribution in [3.05, 3.63) is 35.6 Å². The van der Waals surface area contributed by atoms with Gasteiger partial charge in [0.25, 0.3) is 0 Å². The SMILES string of the molecule is CN(Cc1ccccc1F)CC(C)(C)C=O. The normalized spacial score (nSPS) is 11.8. The van der Waals surface area contributed by atoms with E-state index in [-0.39, 0.29) is 11.2 Å². The van der Waals surface area contributed by atoms with Crippen LogP contribution in [0.3, 0.4) is 0 Å². The van der Waals surface area contributed by atoms with Crippen molar-refractivity contribution in [3.63, 3.8) is 0 Å². The summed E-state index contributed by atoms with van der Waals surface area (Å²) in [6.45, 7) is 4.88. The highest BCUT2D eigenvalue weighted by atomic mass is 19.1. The first-order chi connectivity index (χ1) is 7.44. The summed E-state index contributed by atoms with van der Waals surface area (Å²) < 4.78 is 13.4. The standard InChI is InChI=1S/C13H18FNO/c1-13(2,10-16)9-15(3)8-11-6-4-5-7-12(11)14/h4-7,10H,8-9H2,1-3H3. The zero-order valence-electron chi connectivity index (χ0n) is 10.0. The van der Waals surface area contributed by atoms with Crippen LogP contribution in [0.4, 0.5) is 4.39 Å². The Morgan fingerprint density at radius 2 is 2.00 bits per heavy atom. The van der Waals surface area contributed by atoms with Gasteiger partial charge >= 0.3 is 0 Å². The Morgan fingerprint density at radius 3 is 2.56 bits per heavy atom. The Bertz CT molecular complexity index is 363. The molecule has 2 nitrogen and oxygen atoms in total. The van der Waals surface area contributed by atoms with E-state index < -0.39 is 0 Å². The van der Waals surface area contributed by atoms with Crippen LogP contribution < -0.4 is 0 Å². The molecule has 0 aliphatic carbocycles. The number of carbonyl (C=O) groups excluding carboxylic acids is 1. The molecule has 16 heavy (non-hydrogen) atoms. The Kier molecular flexibility index (Phi) is 4.19. The fourth-order valence-electron chi connectivity index (χ4n) is 1.71. The third kappa shape index (κ3) is 3.74. The first kappa shape index (κ1) is 12.8. The molecule has 0 bridgehead atoms. The van der Waals surface area contributed by atoms with Gasteiger partial charge in [0.15, 0.2) is 0 Å². The van der Waals surface area contributed by atoms with E-state index in [2.05, 4.69) is 0 Å². The van der Waals surface area contributed by atoms with Gasteiger partial charge in [0.05, 0.1) is 0 Å². The van der Waals surface area contributed by atoms with Crippen molar-refractivity contribution in [2.75, 3.05) is 13.6 Å². The Labute approximate surface area is 96.1 Å². The first-order valence-electron chi connectivity index (χ1n) is 5.33. The number of hydrogen-bond donors (Lipinski definition) is 0. The van der Waals surface area contributed by atoms with Crippen LogP contribution >= 0.6 is 0 Å². The average molecular weight is 223 g/mol. The van der Waals surface area contributed by atoms with E-state index in [9.17, 15) is 9.18 Å². The summed E-state index contributed by atoms with van der Waals surface area (Å²) in [6.07, 6.45) is 0.935. The summed E-state index contributed by atoms with van der Waals surface area (Å²) in [6, 6.07) is 6.71. The molecule has 0 radical (unpaired) electrons. The van der Waals surface area contributed by atoms with Crippen molar-refractivity contribution in [2.45, 2.75) is 20.4 Å². The topological polar surface area (TPSA) is 20.3 Å². The van der Waals surface area contributed by atoms with Crippen LogP contribution in [0.15, 0.2) is 24.3 Å². The molecular weight excluding hydrogens is 205 g/mol. The van der Waals surface area contributed by atoms with Gasteiger partial charge in [0, 0.05) is 24.1 Å². The summed E-state index contributed by atoms with van der Waals surface area (Å²) in [7, 11) is 1.89. The van der Waals surface area contributed by atoms with Gasteiger partial charge in [-0.05, 0) is 13.1 Å². The summed E-state index contributed by atoms with van der Waals surface area (Å²) in [5.74, 6) is -0.196. The van der Waals surface area contributed by atoms with Crippen LogP contribution in [0.1, 0.15) is 19.4 Å². The second-order valence-corrected chi connectivity index (χ2v) is 4.87. The molecule has 0 aromatic heterocycles. The van der Waals surface area contributed by atoms with Crippen molar-refractivity contribution in [2.24, 2.45) is 5.41 Å². The van der Waals surface area contributed by atoms with Crippen molar-refractivity contribution in [1.29, 1.82) is 0 Å². The average Bonchev–Trinajstić information content (AvgIpc) is 2.21. The number of carbonyl (C=O) groups is 1. The van der Waals surface area contributed by atoms with E-state index in [0.717, 1.165) is 6.29 Å². The molecule has 0 heterocycles. The maximum absolute atomic E-state index is 13.4. The molecule has 0 fully saturated rings. The molecule has 1 rings (SSSR count). The maximum atomic E-state index is 13.4. The molecular formula is C13H18FNO. The first-order valence-corrected chi connectivity index (χ1v) is 5.33. The molecule has 1 aromatic carbocycles. The fraction of sp³-hybridized carbons (Fsp3) is 0.462. The predicted molar refractivity (Wildman–Crippen MR) is 62.6 cm³/mol. The largest absolute Gasteiger partial charge is 0.303 e. The highest BCUT2D eigenvalue weighted by Crippen LogP contribution is 2.15. The lowest BCUT2D eigenvalue weighted by Gasteiger charge is -2.25. The van der Waals surface area contributed by atoms with Crippen LogP contribution in [0.5, 0.6) is 0 Å². The fourth-order valence-corrected chi connectivity index (χ4v) is 1.71. The molecule has 0 amide bonds. The predicted octanol–water partition coefficient (Wildman–Crippen LogP) is 2.48. The second kappa shape index (κ2) is 5.21. The van der Waals surface area contributed by atoms with Gasteiger partial charge in [0.2, 0.25) is 0 Å². The maximum Gasteiger partial charge on any atom is 0.127 e. The molecule has 0 N–H and O–H groups in total. The Morgan fingerprint density at radius 1 is 1.38 bits per heavy atom. The van der Waals surface area contributed by atoms with Gasteiger partial charge < -0.3 is 9.69 Å². The van der Waals surface area contributed by atoms with Gasteiger partial charge in [0.1, 0.15) is 12.1 Å². The third-order valence-corrected chi connectivity index (χ3v) is 2.39. The minimum Gasteiger partial charge on any atom is -0.303 e. The van der Waals surface area contributed by atoms with E-state index in [1.165, 1.54) is 6.07 Å². The molecule has 0 saturated heterocycles. The number of rotatable bonds is 5. The number of aldehydes is 1. The zero-order chi connectivity index (χ0) is 12.2. The summed E-state index contributed by atoms with van der Waals surface area (Å²) in [4.78, 5) is 12.7. The summed E-state index contributed by atoms with van der Waals surface area (Å²) in [5.41, 5.74) is 0.270. The molecule has 0 spiro atoms. The molecule has 0 atom stereocenters. The second-order valence-electron chi connectivity index (χ2n) is 4.87. The molecule has 0 unspecified atom stereocenters. The van der Waals surface area contributed by atoms with Crippen molar-refractivity contribution in [1.82, 2.24) is 4.90 Å². The third-order valence-electron chi connectivity index (χ3n) is 2.39. The summed E-state index contributed by atoms with van der Waals surface area (Å²) in [5, 5.41) is 0. The quantitative estimate of drug-likeness (QED) is 0.715. The Balaban J connectivity index is 2.62. The van der Waals surface area contributed by atoms with Gasteiger partial charge in [-0.25, -0.2) is 4.39 Å². The minimum absolute atomic E-state index is 0.196. The lowest BCUT2D eigenvalue weighted by Crippen LogP contribution is -2.32. The van der Waals surface area contributed by atoms with Gasteiger partial charge in [-0.3, -0.25) is 0 Å². The smallest absolute Gasteiger partial charge is 0.127 e. The zero-order valence-corrected chi connectivity index (χ0v) is 10.0. The van der Waals surface area contributed by atoms with Crippen LogP contribution in [-0.2, 0) is 11.3 Å². The molecule has 1 aromatic rings. The number of nitrogens with zero attached hydrogens (tertiary/aromatic N) is 1. The van der Waals surface area contributed by atoms with Crippen molar-refractivity contribution >= 4 is 6.29 Å². The van der Waals surface area contributed by atoms with Crippen LogP contribution in [0.25, 0.3) is 0 Å². The molecule has 3 heteroatoms. The minimum atomic E-state index is -0.389. The van der Waals surface area contributed by atoms with Crippen molar-refractivity contribution < 1.29 is 9.18 Å². The van der Waals surface area contributed by atoms with Gasteiger partial charge in [-0.1, -0.05) is 32.0 Å². The van der Waals surface area contributed by atoms with E-state index in [1.54, 1.807) is 12.1 Å². The van der Waals surface area contributed by atoms with E-state index in [0.29, 0.717) is 18.7 Å². The molecule has 0 aliphatic rings. The van der Waals surface area contributed by atoms with Crippen LogP contribution in [0.2, 0.25) is 0 Å². The highest BCUT2D eigenvalue weighted by molar-refractivity contribution is 5.58. The lowest BCUT2D eigenvalue weighted by atomic mass is 9.95. The Hall–Kier alpha value is -1.22. The number of benzene rings is 1. The van der Waals surface area contributed by atoms with Gasteiger partial charge in [-0.2, -0.15) is 0 Å². The highest BCUT2D eigenvalue weighted by Gasteiger charge is 2.19. The monoisotopic (exact) mass is 223 g/mol.